The van der Waals surface area contributed by atoms with Crippen LogP contribution in [0.3, 0.4) is 0 Å². The molecule has 4 fully saturated rings. The van der Waals surface area contributed by atoms with Crippen LogP contribution in [0.25, 0.3) is 0 Å². The van der Waals surface area contributed by atoms with E-state index in [9.17, 15) is 9.59 Å². The summed E-state index contributed by atoms with van der Waals surface area (Å²) < 4.78 is 12.4. The van der Waals surface area contributed by atoms with Gasteiger partial charge in [-0.1, -0.05) is 0 Å². The highest BCUT2D eigenvalue weighted by Gasteiger charge is 2.78. The van der Waals surface area contributed by atoms with E-state index in [1.807, 2.05) is 11.8 Å². The lowest BCUT2D eigenvalue weighted by Crippen LogP contribution is -2.55. The van der Waals surface area contributed by atoms with Gasteiger partial charge in [0.1, 0.15) is 11.8 Å². The monoisotopic (exact) mass is 355 g/mol. The van der Waals surface area contributed by atoms with Gasteiger partial charge < -0.3 is 9.47 Å². The maximum Gasteiger partial charge on any atom is 0.235 e. The highest BCUT2D eigenvalue weighted by atomic mass is 16.6. The number of carbonyl (C=O) groups is 2. The van der Waals surface area contributed by atoms with E-state index < -0.39 is 17.4 Å². The lowest BCUT2D eigenvalue weighted by molar-refractivity contribution is -0.158. The van der Waals surface area contributed by atoms with Crippen molar-refractivity contribution in [1.29, 1.82) is 0 Å². The summed E-state index contributed by atoms with van der Waals surface area (Å²) in [6, 6.07) is 2.09. The number of hydrogen-bond donors (Lipinski definition) is 0. The molecule has 1 aromatic carbocycles. The maximum atomic E-state index is 13.5. The summed E-state index contributed by atoms with van der Waals surface area (Å²) in [7, 11) is 0. The molecule has 5 nitrogen and oxygen atoms in total. The molecule has 1 aromatic rings. The Morgan fingerprint density at radius 3 is 2.58 bits per heavy atom. The van der Waals surface area contributed by atoms with Crippen molar-refractivity contribution < 1.29 is 19.1 Å². The molecule has 1 spiro atoms. The third-order valence-electron chi connectivity index (χ3n) is 7.50. The Kier molecular flexibility index (Phi) is 3.01. The summed E-state index contributed by atoms with van der Waals surface area (Å²) in [6.45, 7) is 10.7. The lowest BCUT2D eigenvalue weighted by Gasteiger charge is -2.41. The van der Waals surface area contributed by atoms with Crippen LogP contribution in [-0.2, 0) is 19.1 Å². The number of amides is 1. The second-order valence-electron chi connectivity index (χ2n) is 8.71. The quantitative estimate of drug-likeness (QED) is 0.777. The van der Waals surface area contributed by atoms with Crippen LogP contribution >= 0.6 is 0 Å². The topological polar surface area (TPSA) is 55.8 Å². The van der Waals surface area contributed by atoms with Crippen LogP contribution in [0, 0.1) is 39.5 Å². The van der Waals surface area contributed by atoms with Crippen LogP contribution in [0.15, 0.2) is 6.07 Å². The molecule has 0 saturated carbocycles. The van der Waals surface area contributed by atoms with Crippen molar-refractivity contribution in [3.8, 4) is 0 Å². The Morgan fingerprint density at radius 1 is 1.12 bits per heavy atom. The van der Waals surface area contributed by atoms with Gasteiger partial charge in [-0.05, 0) is 62.9 Å². The van der Waals surface area contributed by atoms with Gasteiger partial charge in [0.25, 0.3) is 0 Å². The Morgan fingerprint density at radius 2 is 1.85 bits per heavy atom. The van der Waals surface area contributed by atoms with Gasteiger partial charge in [-0.25, -0.2) is 0 Å². The van der Waals surface area contributed by atoms with Crippen LogP contribution in [0.1, 0.15) is 42.0 Å². The van der Waals surface area contributed by atoms with E-state index in [0.29, 0.717) is 19.4 Å². The highest BCUT2D eigenvalue weighted by molar-refractivity contribution is 6.05. The van der Waals surface area contributed by atoms with Gasteiger partial charge >= 0.3 is 0 Å². The summed E-state index contributed by atoms with van der Waals surface area (Å²) in [5.41, 5.74) is 4.14. The van der Waals surface area contributed by atoms with Gasteiger partial charge in [0.2, 0.25) is 5.91 Å². The van der Waals surface area contributed by atoms with Crippen molar-refractivity contribution in [2.24, 2.45) is 11.8 Å². The number of ketones is 1. The molecule has 138 valence electrons. The predicted octanol–water partition coefficient (Wildman–Crippen LogP) is 2.75. The average molecular weight is 355 g/mol. The number of carbonyl (C=O) groups excluding carboxylic acids is 2. The van der Waals surface area contributed by atoms with Gasteiger partial charge in [-0.2, -0.15) is 0 Å². The molecule has 4 aliphatic heterocycles. The smallest absolute Gasteiger partial charge is 0.235 e. The maximum absolute atomic E-state index is 13.5. The van der Waals surface area contributed by atoms with E-state index in [4.69, 9.17) is 9.47 Å². The van der Waals surface area contributed by atoms with E-state index in [1.54, 1.807) is 0 Å². The number of anilines is 1. The Labute approximate surface area is 153 Å². The van der Waals surface area contributed by atoms with Gasteiger partial charge in [-0.15, -0.1) is 0 Å². The van der Waals surface area contributed by atoms with E-state index >= 15 is 0 Å². The van der Waals surface area contributed by atoms with Crippen molar-refractivity contribution in [3.63, 3.8) is 0 Å². The summed E-state index contributed by atoms with van der Waals surface area (Å²) in [6.07, 6.45) is 0.490. The summed E-state index contributed by atoms with van der Waals surface area (Å²) >= 11 is 0. The molecule has 5 rings (SSSR count). The SMILES string of the molecule is Cc1cc(N2C(=O)[C@H]3[C@H]4[C@@H]2OCC[C@@]42O[C@]3(C)CC2=O)c(C)c(C)c1C. The number of nitrogens with zero attached hydrogens (tertiary/aromatic N) is 1. The first-order chi connectivity index (χ1) is 12.2. The summed E-state index contributed by atoms with van der Waals surface area (Å²) in [4.78, 5) is 28.1. The molecule has 5 atom stereocenters. The molecule has 26 heavy (non-hydrogen) atoms. The van der Waals surface area contributed by atoms with Gasteiger partial charge in [0, 0.05) is 18.5 Å². The van der Waals surface area contributed by atoms with Crippen LogP contribution < -0.4 is 4.90 Å². The molecule has 4 aliphatic rings. The van der Waals surface area contributed by atoms with Crippen molar-refractivity contribution in [2.75, 3.05) is 11.5 Å². The first-order valence-corrected chi connectivity index (χ1v) is 9.47. The Bertz CT molecular complexity index is 877. The van der Waals surface area contributed by atoms with E-state index in [1.165, 1.54) is 16.7 Å². The molecule has 0 aliphatic carbocycles. The molecule has 0 N–H and O–H groups in total. The van der Waals surface area contributed by atoms with Crippen LogP contribution in [0.5, 0.6) is 0 Å². The fourth-order valence-electron chi connectivity index (χ4n) is 5.86. The molecule has 0 aromatic heterocycles. The Balaban J connectivity index is 1.69. The minimum atomic E-state index is -0.824. The fraction of sp³-hybridized carbons (Fsp3) is 0.619. The molecular formula is C21H25NO4. The van der Waals surface area contributed by atoms with Crippen molar-refractivity contribution in [2.45, 2.75) is 64.9 Å². The van der Waals surface area contributed by atoms with Crippen LogP contribution in [-0.4, -0.2) is 35.7 Å². The van der Waals surface area contributed by atoms with Crippen molar-refractivity contribution in [3.05, 3.63) is 28.3 Å². The molecular weight excluding hydrogens is 330 g/mol. The van der Waals surface area contributed by atoms with E-state index in [2.05, 4.69) is 33.8 Å². The van der Waals surface area contributed by atoms with E-state index in [-0.39, 0.29) is 23.5 Å². The van der Waals surface area contributed by atoms with Gasteiger partial charge in [-0.3, -0.25) is 14.5 Å². The second-order valence-corrected chi connectivity index (χ2v) is 8.71. The summed E-state index contributed by atoms with van der Waals surface area (Å²) in [5, 5.41) is 0. The first-order valence-electron chi connectivity index (χ1n) is 9.47. The third-order valence-corrected chi connectivity index (χ3v) is 7.50. The summed E-state index contributed by atoms with van der Waals surface area (Å²) in [5.74, 6) is -0.301. The standard InChI is InChI=1S/C21H25NO4/c1-10-8-14(13(4)12(3)11(10)2)22-18(24)16-17-19(22)25-7-6-21(17)15(23)9-20(16,5)26-21/h8,16-17,19H,6-7,9H2,1-5H3/t16-,17+,19+,20-,21+/m1/s1. The zero-order chi connectivity index (χ0) is 18.6. The third kappa shape index (κ3) is 1.65. The molecule has 0 radical (unpaired) electrons. The van der Waals surface area contributed by atoms with Crippen molar-refractivity contribution in [1.82, 2.24) is 0 Å². The molecule has 4 heterocycles. The minimum absolute atomic E-state index is 0.0459. The van der Waals surface area contributed by atoms with Crippen LogP contribution in [0.2, 0.25) is 0 Å². The minimum Gasteiger partial charge on any atom is -0.359 e. The zero-order valence-corrected chi connectivity index (χ0v) is 16.0. The largest absolute Gasteiger partial charge is 0.359 e. The average Bonchev–Trinajstić information content (AvgIpc) is 3.13. The molecule has 4 saturated heterocycles. The second kappa shape index (κ2) is 4.76. The number of ether oxygens (including phenoxy) is 2. The fourth-order valence-corrected chi connectivity index (χ4v) is 5.86. The number of fused-ring (bicyclic) bond motifs is 2. The zero-order valence-electron chi connectivity index (χ0n) is 16.0. The van der Waals surface area contributed by atoms with Crippen LogP contribution in [0.4, 0.5) is 5.69 Å². The number of hydrogen-bond acceptors (Lipinski definition) is 4. The van der Waals surface area contributed by atoms with Gasteiger partial charge in [0.15, 0.2) is 5.78 Å². The normalized spacial score (nSPS) is 40.5. The lowest BCUT2D eigenvalue weighted by atomic mass is 9.65. The Hall–Kier alpha value is -1.72. The highest BCUT2D eigenvalue weighted by Crippen LogP contribution is 2.64. The number of aryl methyl sites for hydroxylation is 1. The molecule has 5 heteroatoms. The molecule has 1 amide bonds. The first kappa shape index (κ1) is 16.5. The van der Waals surface area contributed by atoms with E-state index in [0.717, 1.165) is 11.3 Å². The molecule has 0 unspecified atom stereocenters. The number of rotatable bonds is 1. The number of Topliss-reactive ketones (excluding diaryl/α,β-unsaturated/α-hetero) is 1. The predicted molar refractivity (Wildman–Crippen MR) is 96.1 cm³/mol. The van der Waals surface area contributed by atoms with Crippen molar-refractivity contribution >= 4 is 17.4 Å². The van der Waals surface area contributed by atoms with Gasteiger partial charge in [0.05, 0.1) is 24.0 Å². The molecule has 2 bridgehead atoms. The number of benzene rings is 1.